The molecule has 27 heavy (non-hydrogen) atoms. The highest BCUT2D eigenvalue weighted by atomic mass is 16.9. The molecule has 0 saturated heterocycles. The van der Waals surface area contributed by atoms with E-state index >= 15 is 0 Å². The Labute approximate surface area is 156 Å². The maximum atomic E-state index is 12.4. The fraction of sp³-hybridized carbons (Fsp3) is 0.529. The predicted molar refractivity (Wildman–Crippen MR) is 93.5 cm³/mol. The number of amides is 1. The van der Waals surface area contributed by atoms with E-state index in [-0.39, 0.29) is 37.6 Å². The second-order valence-corrected chi connectivity index (χ2v) is 6.11. The molecule has 0 aliphatic carbocycles. The summed E-state index contributed by atoms with van der Waals surface area (Å²) in [5.41, 5.74) is -0.867. The highest BCUT2D eigenvalue weighted by molar-refractivity contribution is 5.88. The molecule has 0 radical (unpaired) electrons. The van der Waals surface area contributed by atoms with Gasteiger partial charge in [0.1, 0.15) is 5.54 Å². The van der Waals surface area contributed by atoms with Crippen molar-refractivity contribution >= 4 is 11.9 Å². The molecule has 0 heterocycles. The molecule has 10 heteroatoms. The number of benzene rings is 1. The van der Waals surface area contributed by atoms with Crippen LogP contribution in [0, 0.1) is 10.1 Å². The van der Waals surface area contributed by atoms with Gasteiger partial charge in [0.15, 0.2) is 11.5 Å². The Morgan fingerprint density at radius 3 is 2.56 bits per heavy atom. The highest BCUT2D eigenvalue weighted by Crippen LogP contribution is 2.27. The molecule has 1 amide bonds. The molecule has 1 atom stereocenters. The van der Waals surface area contributed by atoms with E-state index < -0.39 is 22.5 Å². The maximum Gasteiger partial charge on any atom is 0.331 e. The number of aromatic hydroxyl groups is 2. The zero-order valence-electron chi connectivity index (χ0n) is 15.3. The summed E-state index contributed by atoms with van der Waals surface area (Å²) < 4.78 is 5.04. The van der Waals surface area contributed by atoms with Gasteiger partial charge in [-0.3, -0.25) is 4.79 Å². The Balaban J connectivity index is 2.74. The molecular weight excluding hydrogens is 360 g/mol. The Hall–Kier alpha value is -3.04. The third-order valence-electron chi connectivity index (χ3n) is 3.73. The van der Waals surface area contributed by atoms with E-state index in [1.807, 2.05) is 0 Å². The molecule has 3 N–H and O–H groups in total. The quantitative estimate of drug-likeness (QED) is 0.171. The molecule has 10 nitrogen and oxygen atoms in total. The van der Waals surface area contributed by atoms with Crippen molar-refractivity contribution in [3.63, 3.8) is 0 Å². The van der Waals surface area contributed by atoms with Gasteiger partial charge >= 0.3 is 5.97 Å². The van der Waals surface area contributed by atoms with Crippen molar-refractivity contribution in [3.05, 3.63) is 33.9 Å². The van der Waals surface area contributed by atoms with Crippen molar-refractivity contribution in [2.24, 2.45) is 0 Å². The Morgan fingerprint density at radius 1 is 1.26 bits per heavy atom. The lowest BCUT2D eigenvalue weighted by molar-refractivity contribution is -0.757. The lowest BCUT2D eigenvalue weighted by atomic mass is 9.92. The highest BCUT2D eigenvalue weighted by Gasteiger charge is 2.36. The summed E-state index contributed by atoms with van der Waals surface area (Å²) in [5, 5.41) is 30.8. The number of carbonyl (C=O) groups excluding carboxylic acids is 2. The zero-order valence-corrected chi connectivity index (χ0v) is 15.3. The molecular formula is C17H24N2O8. The Morgan fingerprint density at radius 2 is 1.96 bits per heavy atom. The number of phenolic OH excluding ortho intramolecular Hbond substituents is 2. The van der Waals surface area contributed by atoms with Gasteiger partial charge in [-0.25, -0.2) is 4.79 Å². The van der Waals surface area contributed by atoms with E-state index in [1.165, 1.54) is 25.1 Å². The molecule has 150 valence electrons. The van der Waals surface area contributed by atoms with Crippen molar-refractivity contribution in [2.75, 3.05) is 13.2 Å². The largest absolute Gasteiger partial charge is 0.504 e. The predicted octanol–water partition coefficient (Wildman–Crippen LogP) is 1.46. The van der Waals surface area contributed by atoms with E-state index in [0.717, 1.165) is 0 Å². The number of ether oxygens (including phenoxy) is 1. The number of rotatable bonds is 11. The van der Waals surface area contributed by atoms with Crippen LogP contribution in [0.4, 0.5) is 0 Å². The minimum atomic E-state index is -1.38. The van der Waals surface area contributed by atoms with E-state index in [2.05, 4.69) is 10.2 Å². The van der Waals surface area contributed by atoms with Gasteiger partial charge in [-0.2, -0.15) is 0 Å². The third kappa shape index (κ3) is 7.38. The summed E-state index contributed by atoms with van der Waals surface area (Å²) in [6.07, 6.45) is 0.752. The maximum absolute atomic E-state index is 12.4. The number of phenols is 2. The lowest BCUT2D eigenvalue weighted by Gasteiger charge is -2.28. The van der Waals surface area contributed by atoms with Crippen LogP contribution in [0.25, 0.3) is 0 Å². The molecule has 0 fully saturated rings. The van der Waals surface area contributed by atoms with Crippen LogP contribution < -0.4 is 5.32 Å². The van der Waals surface area contributed by atoms with E-state index in [9.17, 15) is 29.9 Å². The molecule has 0 saturated carbocycles. The van der Waals surface area contributed by atoms with Crippen molar-refractivity contribution in [1.29, 1.82) is 0 Å². The topological polar surface area (TPSA) is 148 Å². The van der Waals surface area contributed by atoms with Crippen molar-refractivity contribution < 1.29 is 34.5 Å². The number of carbonyl (C=O) groups is 2. The lowest BCUT2D eigenvalue weighted by Crippen LogP contribution is -2.54. The van der Waals surface area contributed by atoms with Gasteiger partial charge < -0.3 is 25.1 Å². The summed E-state index contributed by atoms with van der Waals surface area (Å²) in [4.78, 5) is 38.8. The van der Waals surface area contributed by atoms with Gasteiger partial charge in [-0.15, -0.1) is 10.1 Å². The fourth-order valence-corrected chi connectivity index (χ4v) is 2.44. The van der Waals surface area contributed by atoms with E-state index in [4.69, 9.17) is 4.74 Å². The smallest absolute Gasteiger partial charge is 0.331 e. The minimum absolute atomic E-state index is 0.0375. The monoisotopic (exact) mass is 384 g/mol. The molecule has 0 spiro atoms. The third-order valence-corrected chi connectivity index (χ3v) is 3.73. The summed E-state index contributed by atoms with van der Waals surface area (Å²) in [7, 11) is 0. The first-order valence-electron chi connectivity index (χ1n) is 8.44. The van der Waals surface area contributed by atoms with Crippen molar-refractivity contribution in [3.8, 4) is 11.5 Å². The molecule has 0 aliphatic heterocycles. The first-order valence-corrected chi connectivity index (χ1v) is 8.44. The molecule has 1 aromatic rings. The minimum Gasteiger partial charge on any atom is -0.504 e. The van der Waals surface area contributed by atoms with E-state index in [0.29, 0.717) is 18.4 Å². The van der Waals surface area contributed by atoms with Gasteiger partial charge in [-0.1, -0.05) is 6.07 Å². The number of nitrogens with zero attached hydrogens (tertiary/aromatic N) is 1. The van der Waals surface area contributed by atoms with Crippen LogP contribution in [0.1, 0.15) is 38.7 Å². The summed E-state index contributed by atoms with van der Waals surface area (Å²) in [6, 6.07) is 4.11. The molecule has 0 aromatic heterocycles. The van der Waals surface area contributed by atoms with Crippen LogP contribution in [0.5, 0.6) is 11.5 Å². The number of hydrogen-bond donors (Lipinski definition) is 3. The van der Waals surface area contributed by atoms with Gasteiger partial charge in [0, 0.05) is 12.8 Å². The first kappa shape index (κ1) is 22.0. The Kier molecular flexibility index (Phi) is 8.31. The van der Waals surface area contributed by atoms with Crippen LogP contribution in [0.2, 0.25) is 0 Å². The standard InChI is InChI=1S/C17H24N2O8/c1-3-26-16(23)17(2,11-12-7-8-13(20)14(21)10-12)18-15(22)6-4-5-9-27-19(24)25/h7-8,10,20-21H,3-6,9,11H2,1-2H3,(H,18,22). The van der Waals surface area contributed by atoms with Crippen molar-refractivity contribution in [1.82, 2.24) is 5.32 Å². The summed E-state index contributed by atoms with van der Waals surface area (Å²) in [6.45, 7) is 3.16. The SMILES string of the molecule is CCOC(=O)C(C)(Cc1ccc(O)c(O)c1)NC(=O)CCCCO[N+](=O)[O-]. The van der Waals surface area contributed by atoms with Crippen molar-refractivity contribution in [2.45, 2.75) is 45.1 Å². The average Bonchev–Trinajstić information content (AvgIpc) is 2.57. The molecule has 0 bridgehead atoms. The normalized spacial score (nSPS) is 12.7. The molecule has 1 unspecified atom stereocenters. The molecule has 0 aliphatic rings. The van der Waals surface area contributed by atoms with Gasteiger partial charge in [-0.05, 0) is 44.4 Å². The summed E-state index contributed by atoms with van der Waals surface area (Å²) in [5.74, 6) is -1.69. The second-order valence-electron chi connectivity index (χ2n) is 6.11. The molecule has 1 rings (SSSR count). The van der Waals surface area contributed by atoms with Gasteiger partial charge in [0.05, 0.1) is 13.2 Å². The Bertz CT molecular complexity index is 679. The van der Waals surface area contributed by atoms with Crippen LogP contribution >= 0.6 is 0 Å². The van der Waals surface area contributed by atoms with Crippen LogP contribution in [0.15, 0.2) is 18.2 Å². The molecule has 1 aromatic carbocycles. The number of hydrogen-bond acceptors (Lipinski definition) is 8. The number of esters is 1. The summed E-state index contributed by atoms with van der Waals surface area (Å²) >= 11 is 0. The van der Waals surface area contributed by atoms with Crippen LogP contribution in [-0.2, 0) is 25.6 Å². The average molecular weight is 384 g/mol. The zero-order chi connectivity index (χ0) is 20.4. The van der Waals surface area contributed by atoms with E-state index in [1.54, 1.807) is 6.92 Å². The second kappa shape index (κ2) is 10.2. The van der Waals surface area contributed by atoms with Crippen LogP contribution in [-0.4, -0.2) is 45.9 Å². The van der Waals surface area contributed by atoms with Gasteiger partial charge in [0.2, 0.25) is 5.91 Å². The number of nitrogens with one attached hydrogen (secondary N) is 1. The first-order chi connectivity index (χ1) is 12.7. The number of unbranched alkanes of at least 4 members (excludes halogenated alkanes) is 1. The van der Waals surface area contributed by atoms with Crippen LogP contribution in [0.3, 0.4) is 0 Å². The van der Waals surface area contributed by atoms with Gasteiger partial charge in [0.25, 0.3) is 5.09 Å². The fourth-order valence-electron chi connectivity index (χ4n) is 2.44.